The van der Waals surface area contributed by atoms with E-state index in [1.165, 1.54) is 32.8 Å². The summed E-state index contributed by atoms with van der Waals surface area (Å²) in [6.45, 7) is 3.18. The number of rotatable bonds is 5. The highest BCUT2D eigenvalue weighted by Crippen LogP contribution is 2.58. The molecule has 2 unspecified atom stereocenters. The summed E-state index contributed by atoms with van der Waals surface area (Å²) in [5.74, 6) is -3.01. The van der Waals surface area contributed by atoms with Crippen LogP contribution in [0.3, 0.4) is 0 Å². The number of fused-ring (bicyclic) bond motifs is 3. The molecule has 2 aromatic rings. The van der Waals surface area contributed by atoms with Gasteiger partial charge in [-0.1, -0.05) is 12.1 Å². The molecule has 1 saturated heterocycles. The molecule has 9 nitrogen and oxygen atoms in total. The summed E-state index contributed by atoms with van der Waals surface area (Å²) >= 11 is 0. The number of nitrogens with zero attached hydrogens (tertiary/aromatic N) is 2. The molecule has 52 heavy (non-hydrogen) atoms. The zero-order valence-corrected chi connectivity index (χ0v) is 29.2. The van der Waals surface area contributed by atoms with E-state index in [-0.39, 0.29) is 44.4 Å². The van der Waals surface area contributed by atoms with Crippen LogP contribution in [-0.2, 0) is 39.3 Å². The Morgan fingerprint density at radius 2 is 1.40 bits per heavy atom. The molecule has 2 aliphatic heterocycles. The van der Waals surface area contributed by atoms with Crippen LogP contribution in [0.2, 0.25) is 0 Å². The average molecular weight is 769 g/mol. The van der Waals surface area contributed by atoms with E-state index in [4.69, 9.17) is 9.47 Å². The predicted octanol–water partition coefficient (Wildman–Crippen LogP) is 7.12. The average Bonchev–Trinajstić information content (AvgIpc) is 3.46. The Morgan fingerprint density at radius 3 is 1.92 bits per heavy atom. The molecule has 0 N–H and O–H groups in total. The van der Waals surface area contributed by atoms with Crippen molar-refractivity contribution in [3.8, 4) is 0 Å². The van der Waals surface area contributed by atoms with Crippen molar-refractivity contribution in [3.05, 3.63) is 59.4 Å². The van der Waals surface area contributed by atoms with E-state index in [9.17, 15) is 53.5 Å². The van der Waals surface area contributed by atoms with E-state index in [0.29, 0.717) is 11.0 Å². The Bertz CT molecular complexity index is 1820. The number of carbonyl (C=O) groups excluding carboxylic acids is 3. The quantitative estimate of drug-likeness (QED) is 0.181. The number of methoxy groups -OCH3 is 1. The first kappa shape index (κ1) is 39.3. The van der Waals surface area contributed by atoms with Crippen molar-refractivity contribution >= 4 is 33.5 Å². The molecule has 5 rings (SSSR count). The summed E-state index contributed by atoms with van der Waals surface area (Å²) in [7, 11) is -3.61. The van der Waals surface area contributed by atoms with Gasteiger partial charge in [-0.2, -0.15) is 26.3 Å². The molecule has 286 valence electrons. The molecule has 2 amide bonds. The first-order valence-corrected chi connectivity index (χ1v) is 17.8. The van der Waals surface area contributed by atoms with Crippen molar-refractivity contribution in [2.24, 2.45) is 11.8 Å². The fraction of sp³-hybridized carbons (Fsp3) is 0.559. The standard InChI is InChI=1S/C34H36F8N2O7S/c1-30(2,3)51-29(47)44-18-26-31(52(48,49)23-12-10-22(35)11-13-23,15-16-43(26)27(45)19-5-7-20(8-6-19)28(46)50-4)24-14-9-21(17-25(24)44)32(36,33(37,38)39)34(40,41)42/h9-14,17,19-20,26H,5-8,15-16,18H2,1-4H3. The smallest absolute Gasteiger partial charge is 0.435 e. The number of alkyl halides is 7. The highest BCUT2D eigenvalue weighted by atomic mass is 32.2. The maximum absolute atomic E-state index is 15.5. The molecule has 3 aliphatic rings. The number of ether oxygens (including phenoxy) is 2. The van der Waals surface area contributed by atoms with Crippen molar-refractivity contribution in [2.45, 2.75) is 92.2 Å². The maximum atomic E-state index is 15.5. The molecule has 2 fully saturated rings. The van der Waals surface area contributed by atoms with Gasteiger partial charge in [0.25, 0.3) is 0 Å². The molecule has 1 saturated carbocycles. The van der Waals surface area contributed by atoms with Crippen LogP contribution in [0.25, 0.3) is 0 Å². The molecule has 0 radical (unpaired) electrons. The molecule has 18 heteroatoms. The number of amides is 2. The monoisotopic (exact) mass is 768 g/mol. The lowest BCUT2D eigenvalue weighted by Crippen LogP contribution is -2.60. The predicted molar refractivity (Wildman–Crippen MR) is 168 cm³/mol. The minimum Gasteiger partial charge on any atom is -0.469 e. The Kier molecular flexibility index (Phi) is 9.93. The number of halogens is 8. The van der Waals surface area contributed by atoms with Crippen LogP contribution in [0.5, 0.6) is 0 Å². The summed E-state index contributed by atoms with van der Waals surface area (Å²) in [6.07, 6.45) is -13.9. The Morgan fingerprint density at radius 1 is 0.846 bits per heavy atom. The normalized spacial score (nSPS) is 24.2. The minimum absolute atomic E-state index is 0.136. The summed E-state index contributed by atoms with van der Waals surface area (Å²) in [5, 5.41) is 0. The largest absolute Gasteiger partial charge is 0.469 e. The number of likely N-dealkylation sites (tertiary alicyclic amines) is 1. The fourth-order valence-corrected chi connectivity index (χ4v) is 9.82. The van der Waals surface area contributed by atoms with E-state index >= 15 is 4.39 Å². The zero-order chi connectivity index (χ0) is 38.8. The second-order valence-corrected chi connectivity index (χ2v) is 16.4. The Hall–Kier alpha value is -3.96. The highest BCUT2D eigenvalue weighted by Gasteiger charge is 2.74. The second kappa shape index (κ2) is 13.2. The van der Waals surface area contributed by atoms with Crippen molar-refractivity contribution < 1.29 is 67.4 Å². The van der Waals surface area contributed by atoms with Gasteiger partial charge >= 0.3 is 30.1 Å². The molecule has 2 heterocycles. The molecule has 0 aromatic heterocycles. The van der Waals surface area contributed by atoms with E-state index in [2.05, 4.69) is 0 Å². The lowest BCUT2D eigenvalue weighted by Gasteiger charge is -2.47. The Balaban J connectivity index is 1.74. The first-order valence-electron chi connectivity index (χ1n) is 16.3. The summed E-state index contributed by atoms with van der Waals surface area (Å²) in [5.41, 5.74) is -10.5. The third-order valence-electron chi connectivity index (χ3n) is 10.0. The van der Waals surface area contributed by atoms with Crippen molar-refractivity contribution in [3.63, 3.8) is 0 Å². The van der Waals surface area contributed by atoms with Gasteiger partial charge < -0.3 is 14.4 Å². The number of carbonyl (C=O) groups is 3. The van der Waals surface area contributed by atoms with E-state index in [1.807, 2.05) is 0 Å². The second-order valence-electron chi connectivity index (χ2n) is 14.2. The third-order valence-corrected chi connectivity index (χ3v) is 12.6. The van der Waals surface area contributed by atoms with Crippen LogP contribution >= 0.6 is 0 Å². The van der Waals surface area contributed by atoms with Gasteiger partial charge in [-0.15, -0.1) is 0 Å². The summed E-state index contributed by atoms with van der Waals surface area (Å²) in [6, 6.07) is 2.90. The van der Waals surface area contributed by atoms with Crippen LogP contribution in [0.15, 0.2) is 47.4 Å². The van der Waals surface area contributed by atoms with Crippen LogP contribution in [0.4, 0.5) is 45.6 Å². The van der Waals surface area contributed by atoms with Gasteiger partial charge in [-0.25, -0.2) is 22.0 Å². The molecule has 0 bridgehead atoms. The molecular formula is C34H36F8N2O7S. The van der Waals surface area contributed by atoms with E-state index < -0.39 is 115 Å². The van der Waals surface area contributed by atoms with Crippen LogP contribution in [-0.4, -0.2) is 75.5 Å². The van der Waals surface area contributed by atoms with Gasteiger partial charge in [0.05, 0.1) is 36.2 Å². The minimum atomic E-state index is -6.53. The van der Waals surface area contributed by atoms with Crippen molar-refractivity contribution in [1.29, 1.82) is 0 Å². The van der Waals surface area contributed by atoms with Crippen LogP contribution in [0.1, 0.15) is 64.0 Å². The number of esters is 1. The van der Waals surface area contributed by atoms with Crippen molar-refractivity contribution in [1.82, 2.24) is 4.90 Å². The molecular weight excluding hydrogens is 732 g/mol. The van der Waals surface area contributed by atoms with Crippen molar-refractivity contribution in [2.75, 3.05) is 25.1 Å². The zero-order valence-electron chi connectivity index (χ0n) is 28.4. The summed E-state index contributed by atoms with van der Waals surface area (Å²) < 4.78 is 151. The topological polar surface area (TPSA) is 110 Å². The van der Waals surface area contributed by atoms with Crippen LogP contribution < -0.4 is 4.90 Å². The number of hydrogen-bond acceptors (Lipinski definition) is 7. The lowest BCUT2D eigenvalue weighted by atomic mass is 9.80. The molecule has 2 atom stereocenters. The molecule has 1 aliphatic carbocycles. The van der Waals surface area contributed by atoms with Gasteiger partial charge in [-0.05, 0) is 88.8 Å². The Labute approximate surface area is 294 Å². The first-order chi connectivity index (χ1) is 23.9. The van der Waals surface area contributed by atoms with E-state index in [1.54, 1.807) is 0 Å². The number of benzene rings is 2. The highest BCUT2D eigenvalue weighted by molar-refractivity contribution is 7.92. The number of sulfone groups is 1. The number of anilines is 1. The molecule has 2 aromatic carbocycles. The maximum Gasteiger partial charge on any atom is 0.435 e. The van der Waals surface area contributed by atoms with Crippen LogP contribution in [0, 0.1) is 17.7 Å². The van der Waals surface area contributed by atoms with Gasteiger partial charge in [-0.3, -0.25) is 14.5 Å². The third kappa shape index (κ3) is 6.37. The summed E-state index contributed by atoms with van der Waals surface area (Å²) in [4.78, 5) is 41.4. The molecule has 0 spiro atoms. The lowest BCUT2D eigenvalue weighted by molar-refractivity contribution is -0.348. The van der Waals surface area contributed by atoms with Gasteiger partial charge in [0, 0.05) is 18.0 Å². The fourth-order valence-electron chi connectivity index (χ4n) is 7.52. The number of hydrogen-bond donors (Lipinski definition) is 0. The van der Waals surface area contributed by atoms with E-state index in [0.717, 1.165) is 24.3 Å². The van der Waals surface area contributed by atoms with Gasteiger partial charge in [0.15, 0.2) is 9.84 Å². The SMILES string of the molecule is COC(=O)C1CCC(C(=O)N2CCC3(S(=O)(=O)c4ccc(F)cc4)c4ccc(C(F)(C(F)(F)F)C(F)(F)F)cc4N(C(=O)OC(C)(C)C)CC23)CC1. The van der Waals surface area contributed by atoms with Gasteiger partial charge in [0.2, 0.25) is 5.91 Å². The van der Waals surface area contributed by atoms with Gasteiger partial charge in [0.1, 0.15) is 16.2 Å².